The van der Waals surface area contributed by atoms with E-state index in [0.29, 0.717) is 36.5 Å². The van der Waals surface area contributed by atoms with Gasteiger partial charge in [0.05, 0.1) is 24.9 Å². The van der Waals surface area contributed by atoms with E-state index in [9.17, 15) is 0 Å². The molecule has 154 valence electrons. The summed E-state index contributed by atoms with van der Waals surface area (Å²) in [4.78, 5) is 13.7. The topological polar surface area (TPSA) is 97.5 Å². The Morgan fingerprint density at radius 1 is 0.900 bits per heavy atom. The molecule has 0 radical (unpaired) electrons. The number of nitrogens with zero attached hydrogens (tertiary/aromatic N) is 6. The van der Waals surface area contributed by atoms with Gasteiger partial charge in [0.25, 0.3) is 5.89 Å². The molecule has 1 aliphatic heterocycles. The first kappa shape index (κ1) is 18.7. The van der Waals surface area contributed by atoms with Crippen molar-refractivity contribution < 1.29 is 13.5 Å². The molecular formula is C21H22N6O3. The minimum atomic E-state index is 0.484. The van der Waals surface area contributed by atoms with Gasteiger partial charge in [-0.3, -0.25) is 9.80 Å². The van der Waals surface area contributed by atoms with Gasteiger partial charge in [-0.05, 0) is 18.6 Å². The number of hydrogen-bond acceptors (Lipinski definition) is 9. The Morgan fingerprint density at radius 3 is 2.47 bits per heavy atom. The number of piperazine rings is 1. The van der Waals surface area contributed by atoms with E-state index in [0.717, 1.165) is 42.9 Å². The van der Waals surface area contributed by atoms with Crippen LogP contribution in [-0.4, -0.2) is 56.3 Å². The van der Waals surface area contributed by atoms with Crippen molar-refractivity contribution in [2.24, 2.45) is 0 Å². The van der Waals surface area contributed by atoms with Crippen LogP contribution in [0.4, 0.5) is 0 Å². The third-order valence-corrected chi connectivity index (χ3v) is 5.28. The molecule has 1 saturated heterocycles. The summed E-state index contributed by atoms with van der Waals surface area (Å²) in [6.07, 6.45) is 3.18. The SMILES string of the molecule is Cc1ccccc1-c1noc(CN2CCN(Cc3noc(-c4ccoc4)n3)CC2)n1. The van der Waals surface area contributed by atoms with Crippen LogP contribution in [0.15, 0.2) is 56.3 Å². The van der Waals surface area contributed by atoms with E-state index in [-0.39, 0.29) is 0 Å². The Kier molecular flexibility index (Phi) is 5.12. The van der Waals surface area contributed by atoms with Crippen LogP contribution in [-0.2, 0) is 13.1 Å². The van der Waals surface area contributed by atoms with Gasteiger partial charge in [-0.15, -0.1) is 0 Å². The van der Waals surface area contributed by atoms with E-state index in [2.05, 4.69) is 30.1 Å². The van der Waals surface area contributed by atoms with E-state index in [4.69, 9.17) is 13.5 Å². The molecule has 1 aromatic carbocycles. The smallest absolute Gasteiger partial charge is 0.261 e. The largest absolute Gasteiger partial charge is 0.472 e. The molecule has 0 saturated carbocycles. The molecule has 0 spiro atoms. The van der Waals surface area contributed by atoms with Crippen LogP contribution in [0.1, 0.15) is 17.3 Å². The maximum atomic E-state index is 5.48. The zero-order chi connectivity index (χ0) is 20.3. The summed E-state index contributed by atoms with van der Waals surface area (Å²) < 4.78 is 15.9. The van der Waals surface area contributed by atoms with Crippen molar-refractivity contribution in [2.45, 2.75) is 20.0 Å². The lowest BCUT2D eigenvalue weighted by Crippen LogP contribution is -2.45. The van der Waals surface area contributed by atoms with Crippen LogP contribution in [0.5, 0.6) is 0 Å². The van der Waals surface area contributed by atoms with Gasteiger partial charge in [0, 0.05) is 31.7 Å². The van der Waals surface area contributed by atoms with Gasteiger partial charge in [-0.1, -0.05) is 34.6 Å². The monoisotopic (exact) mass is 406 g/mol. The fraction of sp³-hybridized carbons (Fsp3) is 0.333. The lowest BCUT2D eigenvalue weighted by atomic mass is 10.1. The van der Waals surface area contributed by atoms with Crippen molar-refractivity contribution >= 4 is 0 Å². The van der Waals surface area contributed by atoms with E-state index in [1.807, 2.05) is 31.2 Å². The fourth-order valence-corrected chi connectivity index (χ4v) is 3.57. The van der Waals surface area contributed by atoms with E-state index >= 15 is 0 Å². The zero-order valence-corrected chi connectivity index (χ0v) is 16.7. The number of aryl methyl sites for hydroxylation is 1. The van der Waals surface area contributed by atoms with Gasteiger partial charge < -0.3 is 13.5 Å². The van der Waals surface area contributed by atoms with Crippen molar-refractivity contribution in [1.29, 1.82) is 0 Å². The van der Waals surface area contributed by atoms with Crippen LogP contribution in [0.25, 0.3) is 22.8 Å². The normalized spacial score (nSPS) is 15.6. The number of furan rings is 1. The van der Waals surface area contributed by atoms with Crippen LogP contribution in [0, 0.1) is 6.92 Å². The minimum Gasteiger partial charge on any atom is -0.472 e. The second-order valence-electron chi connectivity index (χ2n) is 7.41. The Bertz CT molecular complexity index is 1100. The van der Waals surface area contributed by atoms with Crippen LogP contribution < -0.4 is 0 Å². The lowest BCUT2D eigenvalue weighted by Gasteiger charge is -2.33. The highest BCUT2D eigenvalue weighted by Gasteiger charge is 2.21. The molecule has 0 aliphatic carbocycles. The Hall–Kier alpha value is -3.30. The second-order valence-corrected chi connectivity index (χ2v) is 7.41. The molecule has 9 heteroatoms. The highest BCUT2D eigenvalue weighted by atomic mass is 16.5. The predicted octanol–water partition coefficient (Wildman–Crippen LogP) is 3.01. The van der Waals surface area contributed by atoms with Gasteiger partial charge in [0.15, 0.2) is 5.82 Å². The molecule has 4 aromatic rings. The summed E-state index contributed by atoms with van der Waals surface area (Å²) in [5, 5.41) is 8.23. The summed E-state index contributed by atoms with van der Waals surface area (Å²) in [5.41, 5.74) is 2.94. The Balaban J connectivity index is 1.14. The third kappa shape index (κ3) is 4.03. The summed E-state index contributed by atoms with van der Waals surface area (Å²) in [6.45, 7) is 7.00. The van der Waals surface area contributed by atoms with Gasteiger partial charge in [-0.2, -0.15) is 9.97 Å². The third-order valence-electron chi connectivity index (χ3n) is 5.28. The molecule has 0 atom stereocenters. The molecule has 1 aliphatic rings. The minimum absolute atomic E-state index is 0.484. The number of benzene rings is 1. The van der Waals surface area contributed by atoms with Crippen molar-refractivity contribution in [3.8, 4) is 22.8 Å². The van der Waals surface area contributed by atoms with Crippen molar-refractivity contribution in [1.82, 2.24) is 30.1 Å². The zero-order valence-electron chi connectivity index (χ0n) is 16.7. The van der Waals surface area contributed by atoms with Crippen LogP contribution in [0.3, 0.4) is 0 Å². The summed E-state index contributed by atoms with van der Waals surface area (Å²) in [7, 11) is 0. The molecule has 5 rings (SSSR count). The summed E-state index contributed by atoms with van der Waals surface area (Å²) >= 11 is 0. The van der Waals surface area contributed by atoms with Crippen molar-refractivity contribution in [3.05, 3.63) is 60.1 Å². The van der Waals surface area contributed by atoms with E-state index < -0.39 is 0 Å². The van der Waals surface area contributed by atoms with Gasteiger partial charge in [0.1, 0.15) is 6.26 Å². The molecule has 3 aromatic heterocycles. The molecule has 0 amide bonds. The summed E-state index contributed by atoms with van der Waals surface area (Å²) in [6, 6.07) is 9.86. The highest BCUT2D eigenvalue weighted by Crippen LogP contribution is 2.21. The molecular weight excluding hydrogens is 384 g/mol. The summed E-state index contributed by atoms with van der Waals surface area (Å²) in [5.74, 6) is 2.45. The Morgan fingerprint density at radius 2 is 1.70 bits per heavy atom. The molecule has 0 N–H and O–H groups in total. The van der Waals surface area contributed by atoms with Crippen molar-refractivity contribution in [3.63, 3.8) is 0 Å². The molecule has 30 heavy (non-hydrogen) atoms. The molecule has 4 heterocycles. The first-order valence-electron chi connectivity index (χ1n) is 9.93. The standard InChI is InChI=1S/C21H22N6O3/c1-15-4-2-3-5-17(15)20-23-19(29-25-20)13-27-9-7-26(8-10-27)12-18-22-21(30-24-18)16-6-11-28-14-16/h2-6,11,14H,7-10,12-13H2,1H3. The van der Waals surface area contributed by atoms with Gasteiger partial charge in [0.2, 0.25) is 11.7 Å². The maximum Gasteiger partial charge on any atom is 0.261 e. The van der Waals surface area contributed by atoms with Crippen molar-refractivity contribution in [2.75, 3.05) is 26.2 Å². The fourth-order valence-electron chi connectivity index (χ4n) is 3.57. The van der Waals surface area contributed by atoms with E-state index in [1.165, 1.54) is 0 Å². The molecule has 0 unspecified atom stereocenters. The number of rotatable bonds is 6. The van der Waals surface area contributed by atoms with Crippen LogP contribution in [0.2, 0.25) is 0 Å². The first-order valence-corrected chi connectivity index (χ1v) is 9.93. The quantitative estimate of drug-likeness (QED) is 0.478. The molecule has 9 nitrogen and oxygen atoms in total. The predicted molar refractivity (Wildman–Crippen MR) is 107 cm³/mol. The van der Waals surface area contributed by atoms with E-state index in [1.54, 1.807) is 18.6 Å². The number of hydrogen-bond donors (Lipinski definition) is 0. The first-order chi connectivity index (χ1) is 14.7. The Labute approximate surface area is 173 Å². The average Bonchev–Trinajstić information content (AvgIpc) is 3.52. The molecule has 1 fully saturated rings. The second kappa shape index (κ2) is 8.21. The highest BCUT2D eigenvalue weighted by molar-refractivity contribution is 5.58. The van der Waals surface area contributed by atoms with Gasteiger partial charge >= 0.3 is 0 Å². The van der Waals surface area contributed by atoms with Crippen LogP contribution >= 0.6 is 0 Å². The average molecular weight is 406 g/mol. The molecule has 0 bridgehead atoms. The maximum absolute atomic E-state index is 5.48. The lowest BCUT2D eigenvalue weighted by molar-refractivity contribution is 0.109. The van der Waals surface area contributed by atoms with Gasteiger partial charge in [-0.25, -0.2) is 0 Å². The number of aromatic nitrogens is 4.